The van der Waals surface area contributed by atoms with E-state index in [1.54, 1.807) is 170 Å². The van der Waals surface area contributed by atoms with Gasteiger partial charge in [-0.1, -0.05) is 15.4 Å². The number of rotatable bonds is 18. The van der Waals surface area contributed by atoms with Gasteiger partial charge in [0.2, 0.25) is 0 Å². The van der Waals surface area contributed by atoms with E-state index in [2.05, 4.69) is 55.1 Å². The van der Waals surface area contributed by atoms with Crippen molar-refractivity contribution in [3.8, 4) is 115 Å². The van der Waals surface area contributed by atoms with Crippen LogP contribution >= 0.6 is 87.0 Å². The number of anilines is 2. The summed E-state index contributed by atoms with van der Waals surface area (Å²) in [6, 6.07) is 83.6. The van der Waals surface area contributed by atoms with Crippen molar-refractivity contribution in [2.45, 2.75) is 7.43 Å². The Morgan fingerprint density at radius 1 is 0.273 bits per heavy atom. The van der Waals surface area contributed by atoms with Crippen molar-refractivity contribution in [2.24, 2.45) is 0 Å². The molecule has 8 N–H and O–H groups in total. The van der Waals surface area contributed by atoms with Crippen molar-refractivity contribution in [1.29, 1.82) is 0 Å². The van der Waals surface area contributed by atoms with Crippen LogP contribution in [0.4, 0.5) is 11.4 Å². The fourth-order valence-electron chi connectivity index (χ4n) is 7.75. The van der Waals surface area contributed by atoms with Crippen molar-refractivity contribution in [3.05, 3.63) is 310 Å². The molecule has 0 aromatic heterocycles. The molecule has 2 unspecified atom stereocenters. The summed E-state index contributed by atoms with van der Waals surface area (Å²) in [5, 5.41) is 35.7. The second kappa shape index (κ2) is 46.6. The van der Waals surface area contributed by atoms with Crippen LogP contribution in [0, 0.1) is 7.43 Å². The Kier molecular flexibility index (Phi) is 39.8. The Morgan fingerprint density at radius 2 is 0.374 bits per heavy atom. The van der Waals surface area contributed by atoms with Crippen LogP contribution in [0.25, 0.3) is 0 Å². The smallest absolute Gasteiger partial charge is 0.150 e. The minimum Gasteiger partial charge on any atom is -0.508 e. The Labute approximate surface area is 636 Å². The van der Waals surface area contributed by atoms with Gasteiger partial charge in [0.1, 0.15) is 128 Å². The van der Waals surface area contributed by atoms with Gasteiger partial charge in [0.15, 0.2) is 0 Å². The second-order valence-electron chi connectivity index (χ2n) is 19.4. The molecule has 0 saturated carbocycles. The number of aldehydes is 2. The number of phenolic OH excluding ortho intramolecular Hbond substituents is 4. The van der Waals surface area contributed by atoms with E-state index in [9.17, 15) is 19.8 Å². The van der Waals surface area contributed by atoms with E-state index in [-0.39, 0.29) is 82.3 Å². The molecule has 0 radical (unpaired) electrons. The molecule has 0 saturated heterocycles. The first-order valence-corrected chi connectivity index (χ1v) is 39.3. The van der Waals surface area contributed by atoms with Crippen LogP contribution in [0.3, 0.4) is 0 Å². The van der Waals surface area contributed by atoms with Crippen molar-refractivity contribution in [2.75, 3.05) is 11.5 Å². The number of hydrogen-bond acceptors (Lipinski definition) is 16. The molecule has 23 heteroatoms. The maximum atomic E-state index is 10.6. The predicted molar refractivity (Wildman–Crippen MR) is 428 cm³/mol. The molecule has 16 nitrogen and oxygen atoms in total. The van der Waals surface area contributed by atoms with Gasteiger partial charge in [-0.3, -0.25) is 9.59 Å². The maximum absolute atomic E-state index is 10.6. The second-order valence-corrected chi connectivity index (χ2v) is 23.7. The molecule has 12 aromatic rings. The zero-order chi connectivity index (χ0) is 67.6. The molecule has 516 valence electrons. The van der Waals surface area contributed by atoms with Crippen LogP contribution in [0.2, 0.25) is 0 Å². The van der Waals surface area contributed by atoms with Crippen LogP contribution in [0.1, 0.15) is 28.1 Å². The first kappa shape index (κ1) is 84.5. The zero-order valence-corrected chi connectivity index (χ0v) is 63.5. The Morgan fingerprint density at radius 3 is 0.505 bits per heavy atom. The maximum Gasteiger partial charge on any atom is 0.150 e. The molecule has 0 fully saturated rings. The van der Waals surface area contributed by atoms with Crippen molar-refractivity contribution < 1.29 is 88.3 Å². The normalized spacial score (nSPS) is 9.45. The van der Waals surface area contributed by atoms with Crippen LogP contribution in [-0.2, 0) is 20.4 Å². The van der Waals surface area contributed by atoms with E-state index < -0.39 is 0 Å². The molecule has 0 bridgehead atoms. The van der Waals surface area contributed by atoms with E-state index in [0.29, 0.717) is 103 Å². The van der Waals surface area contributed by atoms with Gasteiger partial charge < -0.3 is 77.2 Å². The summed E-state index contributed by atoms with van der Waals surface area (Å²) in [5.74, 6) is 11.6. The van der Waals surface area contributed by atoms with Crippen LogP contribution < -0.4 is 49.4 Å². The minimum atomic E-state index is 0. The fraction of sp³-hybridized carbons (Fsp3) is 0.0132. The Bertz CT molecular complexity index is 3920. The molecular weight excluding hydrogens is 1740 g/mol. The number of benzene rings is 12. The number of nitrogens with two attached hydrogens (primary N) is 2. The third kappa shape index (κ3) is 31.4. The average Bonchev–Trinajstić information content (AvgIpc) is 0.908. The zero-order valence-electron chi connectivity index (χ0n) is 52.0. The van der Waals surface area contributed by atoms with Crippen LogP contribution in [0.5, 0.6) is 115 Å². The Hall–Kier alpha value is -8.68. The quantitative estimate of drug-likeness (QED) is 0.00890. The summed E-state index contributed by atoms with van der Waals surface area (Å²) in [6.45, 7) is 0. The van der Waals surface area contributed by atoms with Gasteiger partial charge in [-0.2, -0.15) is 0 Å². The first-order valence-electron chi connectivity index (χ1n) is 28.4. The molecule has 0 heterocycles. The van der Waals surface area contributed by atoms with E-state index >= 15 is 0 Å². The monoisotopic (exact) mass is 1820 g/mol. The van der Waals surface area contributed by atoms with E-state index in [1.165, 1.54) is 24.3 Å². The minimum absolute atomic E-state index is 0. The van der Waals surface area contributed by atoms with E-state index in [0.717, 1.165) is 32.0 Å². The number of carbonyl (C=O) groups excluding carboxylic acids is 2. The number of phenols is 4. The summed E-state index contributed by atoms with van der Waals surface area (Å²) in [5.41, 5.74) is 14.0. The van der Waals surface area contributed by atoms with Gasteiger partial charge in [-0.15, -0.1) is 41.8 Å². The first-order chi connectivity index (χ1) is 46.2. The molecule has 0 amide bonds. The fourth-order valence-corrected chi connectivity index (χ4v) is 7.75. The van der Waals surface area contributed by atoms with Gasteiger partial charge in [0.25, 0.3) is 0 Å². The number of carbonyl (C=O) groups is 2. The van der Waals surface area contributed by atoms with Crippen molar-refractivity contribution >= 4 is 111 Å². The predicted octanol–water partition coefficient (Wildman–Crippen LogP) is 23.4. The molecule has 12 rings (SSSR count). The largest absolute Gasteiger partial charge is 0.508 e. The summed E-state index contributed by atoms with van der Waals surface area (Å²) < 4.78 is 46.2. The molecular formula is C76H71I3N2O14P3Pd-. The summed E-state index contributed by atoms with van der Waals surface area (Å²) in [6.07, 6.45) is 1.58. The number of hydrogen-bond donors (Lipinski definition) is 6. The van der Waals surface area contributed by atoms with E-state index in [1.807, 2.05) is 97.1 Å². The molecule has 0 aliphatic rings. The molecule has 0 aliphatic carbocycles. The number of nitrogen functional groups attached to an aromatic ring is 2. The van der Waals surface area contributed by atoms with E-state index in [4.69, 9.17) is 59.6 Å². The molecule has 0 aliphatic heterocycles. The van der Waals surface area contributed by atoms with Crippen LogP contribution in [0.15, 0.2) is 291 Å². The van der Waals surface area contributed by atoms with Gasteiger partial charge in [-0.25, -0.2) is 0 Å². The van der Waals surface area contributed by atoms with Gasteiger partial charge >= 0.3 is 0 Å². The van der Waals surface area contributed by atoms with Crippen molar-refractivity contribution in [3.63, 3.8) is 0 Å². The standard InChI is InChI=1S/C30H24N2O4.C20H14O4.C18H14O4.C6H6O2.CH4.CH3.I2.HI.H5P3.Pd/c31-21-1-5-23(6-2-21)33-25-9-13-27(14-10-25)35-29-17-19-30(20-18-29)36-28-15-11-26(12-16-28)34-24-7-3-22(32)4-8-24;21-13-15-1-5-17(6-2-15)23-19-9-11-20(12-10-19)24-18-7-3-16(14-22)4-8-18;19-13-1-5-15(6-2-13)21-17-9-11-18(12-10-17)22-16-7-3-14(20)4-8-16;7-5-1-2-6(8)4-3-5;;;1-2;;1-3-2;/h1-20H,31-32H2;1-14H;1-12,19-20H;1-4,7-8H;1H4;1H3;;1H;3H,1-2H2;/q;;;;;-1;;;;. The third-order valence-corrected chi connectivity index (χ3v) is 12.3. The molecule has 12 aromatic carbocycles. The average molecular weight is 1820 g/mol. The number of ether oxygens (including phenoxy) is 8. The van der Waals surface area contributed by atoms with Gasteiger partial charge in [0.05, 0.1) is 0 Å². The SMILES string of the molecule is C.I.II.Nc1ccc(Oc2ccc(Oc3ccc(Oc4ccc(Oc5ccc(N)cc5)cc4)cc3)cc2)cc1.O=Cc1ccc(Oc2ccc(Oc3ccc(C=O)cc3)cc2)cc1.Oc1ccc(O)cc1.Oc1ccc(Oc2ccc(Oc3ccc(O)cc3)cc2)cc1.PPP.[CH3-].[Pd]. The van der Waals surface area contributed by atoms with Crippen LogP contribution in [-0.4, -0.2) is 33.0 Å². The van der Waals surface area contributed by atoms with Crippen molar-refractivity contribution in [1.82, 2.24) is 0 Å². The topological polar surface area (TPSA) is 241 Å². The third-order valence-electron chi connectivity index (χ3n) is 12.3. The molecule has 0 spiro atoms. The number of halogens is 3. The molecule has 2 atom stereocenters. The van der Waals surface area contributed by atoms with Gasteiger partial charge in [0, 0.05) is 80.2 Å². The molecule has 99 heavy (non-hydrogen) atoms. The summed E-state index contributed by atoms with van der Waals surface area (Å²) in [7, 11) is 6.06. The number of aromatic hydroxyl groups is 4. The van der Waals surface area contributed by atoms with Gasteiger partial charge in [-0.05, 0) is 291 Å². The summed E-state index contributed by atoms with van der Waals surface area (Å²) >= 11 is 4.24. The summed E-state index contributed by atoms with van der Waals surface area (Å²) in [4.78, 5) is 21.3. The Balaban J connectivity index is 0.000000357.